The van der Waals surface area contributed by atoms with E-state index in [0.717, 1.165) is 54.3 Å². The van der Waals surface area contributed by atoms with Crippen molar-refractivity contribution in [1.29, 1.82) is 0 Å². The Kier molecular flexibility index (Phi) is 5.26. The van der Waals surface area contributed by atoms with Crippen molar-refractivity contribution in [3.8, 4) is 0 Å². The number of carbonyl (C=O) groups excluding carboxylic acids is 2. The lowest BCUT2D eigenvalue weighted by atomic mass is 9.91. The van der Waals surface area contributed by atoms with Crippen molar-refractivity contribution in [2.24, 2.45) is 5.41 Å². The molecule has 1 N–H and O–H groups in total. The maximum absolute atomic E-state index is 13.1. The van der Waals surface area contributed by atoms with Gasteiger partial charge in [-0.3, -0.25) is 9.59 Å². The molecule has 0 unspecified atom stereocenters. The third kappa shape index (κ3) is 3.81. The smallest absolute Gasteiger partial charge is 0.234 e. The summed E-state index contributed by atoms with van der Waals surface area (Å²) in [6.45, 7) is 6.99. The number of nitrogens with one attached hydrogen (secondary N) is 1. The molecule has 5 rings (SSSR count). The molecule has 8 heteroatoms. The molecule has 1 aromatic carbocycles. The Balaban J connectivity index is 1.48. The lowest BCUT2D eigenvalue weighted by molar-refractivity contribution is -0.125. The Morgan fingerprint density at radius 3 is 2.67 bits per heavy atom. The topological polar surface area (TPSA) is 81.7 Å². The molecule has 2 aromatic rings. The van der Waals surface area contributed by atoms with E-state index in [-0.39, 0.29) is 11.8 Å². The number of aromatic nitrogens is 2. The second-order valence-corrected chi connectivity index (χ2v) is 10.1. The SMILES string of the molecule is CC(=O)N1CCc2cc(Nc3ncc4c(n3)N(C3CCCC3)CC(C)(C)C(=O)N4C)ccc21. The summed E-state index contributed by atoms with van der Waals surface area (Å²) < 4.78 is 0. The van der Waals surface area contributed by atoms with E-state index in [1.807, 2.05) is 37.9 Å². The lowest BCUT2D eigenvalue weighted by Crippen LogP contribution is -2.45. The predicted octanol–water partition coefficient (Wildman–Crippen LogP) is 3.88. The zero-order chi connectivity index (χ0) is 23.3. The van der Waals surface area contributed by atoms with Gasteiger partial charge in [-0.25, -0.2) is 4.98 Å². The van der Waals surface area contributed by atoms with E-state index in [1.165, 1.54) is 12.8 Å². The highest BCUT2D eigenvalue weighted by Crippen LogP contribution is 2.40. The third-order valence-electron chi connectivity index (χ3n) is 7.21. The average Bonchev–Trinajstić information content (AvgIpc) is 3.45. The average molecular weight is 449 g/mol. The Morgan fingerprint density at radius 1 is 1.18 bits per heavy atom. The van der Waals surface area contributed by atoms with Crippen molar-refractivity contribution in [1.82, 2.24) is 9.97 Å². The van der Waals surface area contributed by atoms with E-state index in [1.54, 1.807) is 18.0 Å². The summed E-state index contributed by atoms with van der Waals surface area (Å²) in [6, 6.07) is 6.40. The largest absolute Gasteiger partial charge is 0.351 e. The fraction of sp³-hybridized carbons (Fsp3) is 0.520. The summed E-state index contributed by atoms with van der Waals surface area (Å²) in [4.78, 5) is 40.3. The number of fused-ring (bicyclic) bond motifs is 2. The van der Waals surface area contributed by atoms with Gasteiger partial charge in [0.2, 0.25) is 17.8 Å². The Labute approximate surface area is 195 Å². The van der Waals surface area contributed by atoms with Crippen molar-refractivity contribution in [2.75, 3.05) is 40.2 Å². The fourth-order valence-corrected chi connectivity index (χ4v) is 5.46. The first kappa shape index (κ1) is 21.7. The molecule has 174 valence electrons. The van der Waals surface area contributed by atoms with Crippen LogP contribution >= 0.6 is 0 Å². The highest BCUT2D eigenvalue weighted by atomic mass is 16.2. The van der Waals surface area contributed by atoms with Gasteiger partial charge >= 0.3 is 0 Å². The van der Waals surface area contributed by atoms with Gasteiger partial charge in [-0.2, -0.15) is 4.98 Å². The molecular formula is C25H32N6O2. The molecule has 0 saturated heterocycles. The van der Waals surface area contributed by atoms with Crippen LogP contribution in [-0.2, 0) is 16.0 Å². The third-order valence-corrected chi connectivity index (χ3v) is 7.21. The normalized spacial score (nSPS) is 20.0. The summed E-state index contributed by atoms with van der Waals surface area (Å²) in [5.41, 5.74) is 3.27. The molecule has 33 heavy (non-hydrogen) atoms. The van der Waals surface area contributed by atoms with Gasteiger partial charge in [0.1, 0.15) is 5.69 Å². The predicted molar refractivity (Wildman–Crippen MR) is 130 cm³/mol. The molecule has 8 nitrogen and oxygen atoms in total. The summed E-state index contributed by atoms with van der Waals surface area (Å²) in [5, 5.41) is 3.35. The van der Waals surface area contributed by atoms with Gasteiger partial charge in [0, 0.05) is 44.5 Å². The molecule has 1 saturated carbocycles. The molecule has 2 amide bonds. The molecule has 0 radical (unpaired) electrons. The molecule has 3 heterocycles. The molecule has 1 fully saturated rings. The van der Waals surface area contributed by atoms with Crippen LogP contribution < -0.4 is 20.0 Å². The summed E-state index contributed by atoms with van der Waals surface area (Å²) in [5.74, 6) is 1.49. The molecule has 0 spiro atoms. The van der Waals surface area contributed by atoms with Gasteiger partial charge in [-0.1, -0.05) is 12.8 Å². The number of hydrogen-bond acceptors (Lipinski definition) is 6. The fourth-order valence-electron chi connectivity index (χ4n) is 5.46. The molecule has 1 aromatic heterocycles. The van der Waals surface area contributed by atoms with Gasteiger partial charge in [0.25, 0.3) is 0 Å². The number of rotatable bonds is 3. The van der Waals surface area contributed by atoms with E-state index >= 15 is 0 Å². The van der Waals surface area contributed by atoms with Crippen molar-refractivity contribution in [3.05, 3.63) is 30.0 Å². The Hall–Kier alpha value is -3.16. The van der Waals surface area contributed by atoms with Gasteiger partial charge < -0.3 is 20.0 Å². The first-order chi connectivity index (χ1) is 15.7. The summed E-state index contributed by atoms with van der Waals surface area (Å²) in [7, 11) is 1.82. The number of nitrogens with zero attached hydrogens (tertiary/aromatic N) is 5. The van der Waals surface area contributed by atoms with E-state index in [0.29, 0.717) is 18.5 Å². The van der Waals surface area contributed by atoms with Gasteiger partial charge in [-0.05, 0) is 56.9 Å². The molecule has 0 bridgehead atoms. The van der Waals surface area contributed by atoms with Crippen LogP contribution in [-0.4, -0.2) is 48.0 Å². The molecular weight excluding hydrogens is 416 g/mol. The first-order valence-corrected chi connectivity index (χ1v) is 11.8. The van der Waals surface area contributed by atoms with Crippen molar-refractivity contribution in [3.63, 3.8) is 0 Å². The van der Waals surface area contributed by atoms with Gasteiger partial charge in [0.15, 0.2) is 5.82 Å². The van der Waals surface area contributed by atoms with Crippen LogP contribution in [0.25, 0.3) is 0 Å². The van der Waals surface area contributed by atoms with Crippen LogP contribution in [0.5, 0.6) is 0 Å². The van der Waals surface area contributed by atoms with E-state index in [4.69, 9.17) is 4.98 Å². The van der Waals surface area contributed by atoms with Crippen LogP contribution in [0.4, 0.5) is 28.8 Å². The molecule has 2 aliphatic heterocycles. The summed E-state index contributed by atoms with van der Waals surface area (Å²) in [6.07, 6.45) is 7.27. The molecule has 0 atom stereocenters. The van der Waals surface area contributed by atoms with Crippen LogP contribution in [0, 0.1) is 5.41 Å². The van der Waals surface area contributed by atoms with E-state index in [2.05, 4.69) is 21.3 Å². The number of carbonyl (C=O) groups is 2. The zero-order valence-corrected chi connectivity index (χ0v) is 19.9. The maximum Gasteiger partial charge on any atom is 0.234 e. The maximum atomic E-state index is 13.1. The number of benzene rings is 1. The van der Waals surface area contributed by atoms with Gasteiger partial charge in [-0.15, -0.1) is 0 Å². The standard InChI is InChI=1S/C25H32N6O2/c1-16(32)30-12-11-17-13-18(9-10-20(17)30)27-24-26-14-21-22(28-24)31(19-7-5-6-8-19)15-25(2,3)23(33)29(21)4/h9-10,13-14,19H,5-8,11-12,15H2,1-4H3,(H,26,27,28). The molecule has 3 aliphatic rings. The van der Waals surface area contributed by atoms with Gasteiger partial charge in [0.05, 0.1) is 11.6 Å². The molecule has 1 aliphatic carbocycles. The second kappa shape index (κ2) is 8.01. The van der Waals surface area contributed by atoms with E-state index < -0.39 is 5.41 Å². The van der Waals surface area contributed by atoms with Crippen LogP contribution in [0.2, 0.25) is 0 Å². The quantitative estimate of drug-likeness (QED) is 0.767. The minimum atomic E-state index is -0.506. The van der Waals surface area contributed by atoms with Crippen molar-refractivity contribution >= 4 is 40.6 Å². The van der Waals surface area contributed by atoms with Crippen LogP contribution in [0.3, 0.4) is 0 Å². The van der Waals surface area contributed by atoms with Crippen molar-refractivity contribution < 1.29 is 9.59 Å². The lowest BCUT2D eigenvalue weighted by Gasteiger charge is -2.34. The minimum Gasteiger partial charge on any atom is -0.351 e. The second-order valence-electron chi connectivity index (χ2n) is 10.1. The number of anilines is 5. The monoisotopic (exact) mass is 448 g/mol. The van der Waals surface area contributed by atoms with Crippen LogP contribution in [0.1, 0.15) is 52.0 Å². The Morgan fingerprint density at radius 2 is 1.94 bits per heavy atom. The number of amides is 2. The first-order valence-electron chi connectivity index (χ1n) is 11.8. The highest BCUT2D eigenvalue weighted by Gasteiger charge is 2.41. The number of hydrogen-bond donors (Lipinski definition) is 1. The van der Waals surface area contributed by atoms with E-state index in [9.17, 15) is 9.59 Å². The minimum absolute atomic E-state index is 0.0668. The zero-order valence-electron chi connectivity index (χ0n) is 19.9. The summed E-state index contributed by atoms with van der Waals surface area (Å²) >= 11 is 0. The van der Waals surface area contributed by atoms with Crippen molar-refractivity contribution in [2.45, 2.75) is 58.9 Å². The highest BCUT2D eigenvalue weighted by molar-refractivity contribution is 6.01. The van der Waals surface area contributed by atoms with Crippen LogP contribution in [0.15, 0.2) is 24.4 Å². The Bertz CT molecular complexity index is 1110.